The van der Waals surface area contributed by atoms with E-state index in [1.807, 2.05) is 43.3 Å². The molecule has 0 aliphatic carbocycles. The van der Waals surface area contributed by atoms with E-state index in [9.17, 15) is 0 Å². The van der Waals surface area contributed by atoms with Crippen LogP contribution in [-0.4, -0.2) is 38.3 Å². The lowest BCUT2D eigenvalue weighted by atomic mass is 10.2. The molecule has 0 spiro atoms. The maximum atomic E-state index is 5.33. The monoisotopic (exact) mass is 259 g/mol. The molecule has 1 aromatic carbocycles. The summed E-state index contributed by atoms with van der Waals surface area (Å²) in [5.74, 6) is 2.74. The van der Waals surface area contributed by atoms with Crippen molar-refractivity contribution >= 4 is 5.82 Å². The van der Waals surface area contributed by atoms with Crippen molar-refractivity contribution in [2.45, 2.75) is 0 Å². The van der Waals surface area contributed by atoms with Gasteiger partial charge in [0.25, 0.3) is 0 Å². The van der Waals surface area contributed by atoms with E-state index in [4.69, 9.17) is 9.47 Å². The first-order chi connectivity index (χ1) is 9.17. The molecule has 0 bridgehead atoms. The number of hydrogen-bond acceptors (Lipinski definition) is 5. The molecule has 0 unspecified atom stereocenters. The van der Waals surface area contributed by atoms with Crippen LogP contribution >= 0.6 is 0 Å². The highest BCUT2D eigenvalue weighted by atomic mass is 16.5. The number of methoxy groups -OCH3 is 2. The first-order valence-corrected chi connectivity index (χ1v) is 5.89. The minimum absolute atomic E-state index is 0.613. The molecule has 0 saturated heterocycles. The summed E-state index contributed by atoms with van der Waals surface area (Å²) < 4.78 is 10.6. The third-order valence-corrected chi connectivity index (χ3v) is 2.73. The zero-order valence-corrected chi connectivity index (χ0v) is 11.5. The minimum Gasteiger partial charge on any atom is -0.496 e. The van der Waals surface area contributed by atoms with E-state index in [1.165, 1.54) is 0 Å². The normalized spacial score (nSPS) is 10.1. The van der Waals surface area contributed by atoms with Crippen LogP contribution in [0.5, 0.6) is 11.5 Å². The topological polar surface area (TPSA) is 47.5 Å². The van der Waals surface area contributed by atoms with Crippen molar-refractivity contribution in [2.75, 3.05) is 33.2 Å². The van der Waals surface area contributed by atoms with Crippen LogP contribution in [0.2, 0.25) is 0 Å². The van der Waals surface area contributed by atoms with E-state index < -0.39 is 0 Å². The Morgan fingerprint density at radius 3 is 2.32 bits per heavy atom. The van der Waals surface area contributed by atoms with Crippen LogP contribution in [0.25, 0.3) is 11.4 Å². The predicted molar refractivity (Wildman–Crippen MR) is 74.9 cm³/mol. The van der Waals surface area contributed by atoms with E-state index in [2.05, 4.69) is 9.97 Å². The fraction of sp³-hybridized carbons (Fsp3) is 0.286. The highest BCUT2D eigenvalue weighted by Crippen LogP contribution is 2.30. The zero-order valence-electron chi connectivity index (χ0n) is 11.5. The maximum absolute atomic E-state index is 5.33. The number of benzene rings is 1. The second-order valence-electron chi connectivity index (χ2n) is 4.18. The molecule has 5 heteroatoms. The predicted octanol–water partition coefficient (Wildman–Crippen LogP) is 2.23. The molecule has 0 N–H and O–H groups in total. The van der Waals surface area contributed by atoms with E-state index in [-0.39, 0.29) is 0 Å². The second-order valence-corrected chi connectivity index (χ2v) is 4.18. The summed E-state index contributed by atoms with van der Waals surface area (Å²) in [7, 11) is 7.07. The van der Waals surface area contributed by atoms with Crippen molar-refractivity contribution in [1.29, 1.82) is 0 Å². The number of ether oxygens (including phenoxy) is 2. The lowest BCUT2D eigenvalue weighted by Gasteiger charge is -2.16. The van der Waals surface area contributed by atoms with Gasteiger partial charge in [-0.3, -0.25) is 0 Å². The van der Waals surface area contributed by atoms with Crippen LogP contribution in [0.3, 0.4) is 0 Å². The zero-order chi connectivity index (χ0) is 13.8. The summed E-state index contributed by atoms with van der Waals surface area (Å²) in [6, 6.07) is 7.66. The van der Waals surface area contributed by atoms with E-state index in [0.29, 0.717) is 11.6 Å². The van der Waals surface area contributed by atoms with Gasteiger partial charge in [0.15, 0.2) is 17.4 Å². The lowest BCUT2D eigenvalue weighted by molar-refractivity contribution is 0.410. The summed E-state index contributed by atoms with van der Waals surface area (Å²) in [6.07, 6.45) is 1.67. The molecule has 2 aromatic rings. The van der Waals surface area contributed by atoms with Crippen molar-refractivity contribution < 1.29 is 9.47 Å². The number of para-hydroxylation sites is 1. The molecule has 5 nitrogen and oxygen atoms in total. The number of hydrogen-bond donors (Lipinski definition) is 0. The third-order valence-electron chi connectivity index (χ3n) is 2.73. The van der Waals surface area contributed by atoms with E-state index in [0.717, 1.165) is 17.1 Å². The molecule has 0 radical (unpaired) electrons. The first-order valence-electron chi connectivity index (χ1n) is 5.89. The number of anilines is 1. The molecule has 19 heavy (non-hydrogen) atoms. The smallest absolute Gasteiger partial charge is 0.179 e. The summed E-state index contributed by atoms with van der Waals surface area (Å²) in [4.78, 5) is 10.7. The van der Waals surface area contributed by atoms with Gasteiger partial charge in [-0.2, -0.15) is 0 Å². The number of aromatic nitrogens is 2. The highest BCUT2D eigenvalue weighted by Gasteiger charge is 2.13. The SMILES string of the molecule is COc1ccccc1-c1ncc(OC)c(N(C)C)n1. The van der Waals surface area contributed by atoms with E-state index >= 15 is 0 Å². The largest absolute Gasteiger partial charge is 0.496 e. The average molecular weight is 259 g/mol. The molecule has 0 saturated carbocycles. The molecule has 0 amide bonds. The van der Waals surface area contributed by atoms with Crippen LogP contribution in [-0.2, 0) is 0 Å². The van der Waals surface area contributed by atoms with Crippen molar-refractivity contribution in [3.63, 3.8) is 0 Å². The van der Waals surface area contributed by atoms with Gasteiger partial charge in [0.05, 0.1) is 26.0 Å². The Morgan fingerprint density at radius 1 is 1.00 bits per heavy atom. The van der Waals surface area contributed by atoms with Crippen LogP contribution in [0.1, 0.15) is 0 Å². The van der Waals surface area contributed by atoms with Crippen LogP contribution in [0.4, 0.5) is 5.82 Å². The molecular formula is C14H17N3O2. The molecule has 2 rings (SSSR count). The molecule has 0 aliphatic heterocycles. The van der Waals surface area contributed by atoms with Crippen LogP contribution in [0, 0.1) is 0 Å². The summed E-state index contributed by atoms with van der Waals surface area (Å²) in [6.45, 7) is 0. The summed E-state index contributed by atoms with van der Waals surface area (Å²) in [5, 5.41) is 0. The Labute approximate surface area is 112 Å². The van der Waals surface area contributed by atoms with Gasteiger partial charge >= 0.3 is 0 Å². The molecule has 0 fully saturated rings. The van der Waals surface area contributed by atoms with Gasteiger partial charge in [0.1, 0.15) is 5.75 Å². The Balaban J connectivity index is 2.54. The highest BCUT2D eigenvalue weighted by molar-refractivity contribution is 5.66. The fourth-order valence-corrected chi connectivity index (χ4v) is 1.79. The van der Waals surface area contributed by atoms with Gasteiger partial charge in [-0.25, -0.2) is 9.97 Å². The standard InChI is InChI=1S/C14H17N3O2/c1-17(2)14-12(19-4)9-15-13(16-14)10-7-5-6-8-11(10)18-3/h5-9H,1-4H3. The van der Waals surface area contributed by atoms with Gasteiger partial charge in [0, 0.05) is 14.1 Å². The second kappa shape index (κ2) is 5.56. The first kappa shape index (κ1) is 13.1. The average Bonchev–Trinajstić information content (AvgIpc) is 2.46. The third kappa shape index (κ3) is 2.59. The van der Waals surface area contributed by atoms with Gasteiger partial charge in [-0.1, -0.05) is 12.1 Å². The van der Waals surface area contributed by atoms with Crippen LogP contribution in [0.15, 0.2) is 30.5 Å². The Bertz CT molecular complexity index is 570. The minimum atomic E-state index is 0.613. The number of rotatable bonds is 4. The Hall–Kier alpha value is -2.30. The van der Waals surface area contributed by atoms with Crippen molar-refractivity contribution in [2.24, 2.45) is 0 Å². The molecular weight excluding hydrogens is 242 g/mol. The number of nitrogens with zero attached hydrogens (tertiary/aromatic N) is 3. The maximum Gasteiger partial charge on any atom is 0.179 e. The molecule has 1 heterocycles. The van der Waals surface area contributed by atoms with Gasteiger partial charge in [-0.15, -0.1) is 0 Å². The lowest BCUT2D eigenvalue weighted by Crippen LogP contribution is -2.13. The van der Waals surface area contributed by atoms with Gasteiger partial charge < -0.3 is 14.4 Å². The molecule has 100 valence electrons. The Kier molecular flexibility index (Phi) is 3.85. The van der Waals surface area contributed by atoms with Gasteiger partial charge in [-0.05, 0) is 12.1 Å². The van der Waals surface area contributed by atoms with E-state index in [1.54, 1.807) is 20.4 Å². The van der Waals surface area contributed by atoms with Crippen molar-refractivity contribution in [1.82, 2.24) is 9.97 Å². The molecule has 0 atom stereocenters. The van der Waals surface area contributed by atoms with Crippen LogP contribution < -0.4 is 14.4 Å². The summed E-state index contributed by atoms with van der Waals surface area (Å²) in [5.41, 5.74) is 0.857. The quantitative estimate of drug-likeness (QED) is 0.842. The van der Waals surface area contributed by atoms with Crippen molar-refractivity contribution in [3.05, 3.63) is 30.5 Å². The molecule has 1 aromatic heterocycles. The molecule has 0 aliphatic rings. The fourth-order valence-electron chi connectivity index (χ4n) is 1.79. The van der Waals surface area contributed by atoms with Crippen molar-refractivity contribution in [3.8, 4) is 22.9 Å². The Morgan fingerprint density at radius 2 is 1.68 bits per heavy atom. The summed E-state index contributed by atoms with van der Waals surface area (Å²) >= 11 is 0. The van der Waals surface area contributed by atoms with Gasteiger partial charge in [0.2, 0.25) is 0 Å².